The Kier molecular flexibility index (Phi) is 4.49. The van der Waals surface area contributed by atoms with Gasteiger partial charge in [-0.1, -0.05) is 0 Å². The van der Waals surface area contributed by atoms with E-state index in [0.29, 0.717) is 18.1 Å². The van der Waals surface area contributed by atoms with Crippen LogP contribution >= 0.6 is 11.8 Å². The number of carbonyl (C=O) groups excluding carboxylic acids is 1. The van der Waals surface area contributed by atoms with E-state index in [1.54, 1.807) is 11.8 Å². The largest absolute Gasteiger partial charge is 0.508 e. The zero-order valence-corrected chi connectivity index (χ0v) is 11.4. The lowest BCUT2D eigenvalue weighted by Crippen LogP contribution is -2.47. The van der Waals surface area contributed by atoms with Crippen molar-refractivity contribution in [2.24, 2.45) is 0 Å². The molecular weight excluding hydrogens is 285 g/mol. The molecule has 2 rings (SSSR count). The first kappa shape index (κ1) is 14.6. The number of carboxylic acids is 1. The van der Waals surface area contributed by atoms with Crippen molar-refractivity contribution in [3.63, 3.8) is 0 Å². The van der Waals surface area contributed by atoms with Gasteiger partial charge in [0.15, 0.2) is 0 Å². The number of nitrogens with zero attached hydrogens (tertiary/aromatic N) is 1. The molecule has 0 aromatic heterocycles. The first-order chi connectivity index (χ1) is 9.49. The molecule has 1 fully saturated rings. The predicted molar refractivity (Wildman–Crippen MR) is 72.5 cm³/mol. The van der Waals surface area contributed by atoms with Crippen molar-refractivity contribution >= 4 is 23.6 Å². The third-order valence-electron chi connectivity index (χ3n) is 3.08. The van der Waals surface area contributed by atoms with Crippen molar-refractivity contribution in [2.45, 2.75) is 12.5 Å². The van der Waals surface area contributed by atoms with Crippen molar-refractivity contribution in [3.05, 3.63) is 29.6 Å². The molecule has 1 atom stereocenters. The SMILES string of the molecule is O=C(O)CC1CSCCN1C(=O)c1ccc(O)cc1F. The van der Waals surface area contributed by atoms with Gasteiger partial charge in [0, 0.05) is 24.1 Å². The van der Waals surface area contributed by atoms with Crippen LogP contribution in [0.15, 0.2) is 18.2 Å². The van der Waals surface area contributed by atoms with Gasteiger partial charge in [0.05, 0.1) is 18.0 Å². The maximum atomic E-state index is 13.7. The number of phenols is 1. The lowest BCUT2D eigenvalue weighted by atomic mass is 10.1. The molecule has 1 aliphatic heterocycles. The highest BCUT2D eigenvalue weighted by atomic mass is 32.2. The molecule has 0 radical (unpaired) electrons. The highest BCUT2D eigenvalue weighted by Crippen LogP contribution is 2.23. The summed E-state index contributed by atoms with van der Waals surface area (Å²) in [5, 5.41) is 18.0. The minimum atomic E-state index is -0.985. The highest BCUT2D eigenvalue weighted by Gasteiger charge is 2.30. The summed E-state index contributed by atoms with van der Waals surface area (Å²) in [6, 6.07) is 2.89. The second-order valence-corrected chi connectivity index (χ2v) is 5.64. The van der Waals surface area contributed by atoms with Gasteiger partial charge in [0.1, 0.15) is 11.6 Å². The van der Waals surface area contributed by atoms with Crippen LogP contribution < -0.4 is 0 Å². The average Bonchev–Trinajstić information content (AvgIpc) is 2.38. The fraction of sp³-hybridized carbons (Fsp3) is 0.385. The summed E-state index contributed by atoms with van der Waals surface area (Å²) in [7, 11) is 0. The molecule has 1 aromatic rings. The van der Waals surface area contributed by atoms with Crippen LogP contribution in [-0.4, -0.2) is 51.1 Å². The fourth-order valence-electron chi connectivity index (χ4n) is 2.13. The standard InChI is InChI=1S/C13H14FNO4S/c14-11-6-9(16)1-2-10(11)13(19)15-3-4-20-7-8(15)5-12(17)18/h1-2,6,8,16H,3-5,7H2,(H,17,18). The number of amides is 1. The summed E-state index contributed by atoms with van der Waals surface area (Å²) in [6.45, 7) is 0.391. The molecule has 0 saturated carbocycles. The minimum Gasteiger partial charge on any atom is -0.508 e. The van der Waals surface area contributed by atoms with Crippen LogP contribution in [0.25, 0.3) is 0 Å². The molecule has 0 aliphatic carbocycles. The number of thioether (sulfide) groups is 1. The lowest BCUT2D eigenvalue weighted by Gasteiger charge is -2.34. The molecule has 1 aliphatic rings. The highest BCUT2D eigenvalue weighted by molar-refractivity contribution is 7.99. The van der Waals surface area contributed by atoms with Crippen molar-refractivity contribution in [3.8, 4) is 5.75 Å². The van der Waals surface area contributed by atoms with E-state index >= 15 is 0 Å². The fourth-order valence-corrected chi connectivity index (χ4v) is 3.19. The summed E-state index contributed by atoms with van der Waals surface area (Å²) in [4.78, 5) is 24.6. The number of carboxylic acid groups (broad SMARTS) is 1. The van der Waals surface area contributed by atoms with Gasteiger partial charge in [0.25, 0.3) is 5.91 Å². The van der Waals surface area contributed by atoms with Crippen molar-refractivity contribution in [1.82, 2.24) is 4.90 Å². The van der Waals surface area contributed by atoms with Gasteiger partial charge < -0.3 is 15.1 Å². The van der Waals surface area contributed by atoms with Crippen LogP contribution in [0.2, 0.25) is 0 Å². The molecule has 2 N–H and O–H groups in total. The van der Waals surface area contributed by atoms with E-state index < -0.39 is 23.7 Å². The first-order valence-corrected chi connectivity index (χ1v) is 7.23. The summed E-state index contributed by atoms with van der Waals surface area (Å²) < 4.78 is 13.7. The number of hydrogen-bond acceptors (Lipinski definition) is 4. The van der Waals surface area contributed by atoms with Crippen molar-refractivity contribution < 1.29 is 24.2 Å². The van der Waals surface area contributed by atoms with Gasteiger partial charge >= 0.3 is 5.97 Å². The van der Waals surface area contributed by atoms with Crippen LogP contribution in [0.3, 0.4) is 0 Å². The first-order valence-electron chi connectivity index (χ1n) is 6.08. The predicted octanol–water partition coefficient (Wildman–Crippen LogP) is 1.56. The third-order valence-corrected chi connectivity index (χ3v) is 4.17. The molecule has 20 heavy (non-hydrogen) atoms. The molecule has 0 spiro atoms. The van der Waals surface area contributed by atoms with E-state index in [0.717, 1.165) is 6.07 Å². The molecule has 108 valence electrons. The van der Waals surface area contributed by atoms with Gasteiger partial charge in [-0.25, -0.2) is 4.39 Å². The number of carbonyl (C=O) groups is 2. The number of phenolic OH excluding ortho intramolecular Hbond substituents is 1. The Morgan fingerprint density at radius 1 is 1.45 bits per heavy atom. The zero-order chi connectivity index (χ0) is 14.7. The van der Waals surface area contributed by atoms with Gasteiger partial charge in [-0.2, -0.15) is 11.8 Å². The van der Waals surface area contributed by atoms with Gasteiger partial charge in [0.2, 0.25) is 0 Å². The average molecular weight is 299 g/mol. The van der Waals surface area contributed by atoms with Gasteiger partial charge in [-0.15, -0.1) is 0 Å². The summed E-state index contributed by atoms with van der Waals surface area (Å²) in [6.07, 6.45) is -0.154. The second-order valence-electron chi connectivity index (χ2n) is 4.49. The Bertz CT molecular complexity index is 537. The molecule has 7 heteroatoms. The van der Waals surface area contributed by atoms with Crippen LogP contribution in [0, 0.1) is 5.82 Å². The second kappa shape index (κ2) is 6.13. The molecule has 0 bridgehead atoms. The Balaban J connectivity index is 2.22. The van der Waals surface area contributed by atoms with Crippen LogP contribution in [0.4, 0.5) is 4.39 Å². The quantitative estimate of drug-likeness (QED) is 0.885. The molecule has 1 unspecified atom stereocenters. The summed E-state index contributed by atoms with van der Waals surface area (Å²) >= 11 is 1.58. The van der Waals surface area contributed by atoms with E-state index in [1.807, 2.05) is 0 Å². The van der Waals surface area contributed by atoms with Crippen LogP contribution in [0.1, 0.15) is 16.8 Å². The summed E-state index contributed by atoms with van der Waals surface area (Å²) in [5.74, 6) is -1.35. The monoisotopic (exact) mass is 299 g/mol. The van der Waals surface area contributed by atoms with E-state index in [2.05, 4.69) is 0 Å². The molecule has 1 saturated heterocycles. The Morgan fingerprint density at radius 3 is 2.85 bits per heavy atom. The molecular formula is C13H14FNO4S. The van der Waals surface area contributed by atoms with Gasteiger partial charge in [-0.05, 0) is 12.1 Å². The number of benzene rings is 1. The van der Waals surface area contributed by atoms with Crippen LogP contribution in [0.5, 0.6) is 5.75 Å². The maximum absolute atomic E-state index is 13.7. The molecule has 1 heterocycles. The lowest BCUT2D eigenvalue weighted by molar-refractivity contribution is -0.138. The Hall–Kier alpha value is -1.76. The number of aromatic hydroxyl groups is 1. The maximum Gasteiger partial charge on any atom is 0.305 e. The van der Waals surface area contributed by atoms with Crippen molar-refractivity contribution in [2.75, 3.05) is 18.1 Å². The third kappa shape index (κ3) is 3.22. The van der Waals surface area contributed by atoms with E-state index in [-0.39, 0.29) is 17.7 Å². The van der Waals surface area contributed by atoms with Crippen molar-refractivity contribution in [1.29, 1.82) is 0 Å². The van der Waals surface area contributed by atoms with E-state index in [4.69, 9.17) is 10.2 Å². The van der Waals surface area contributed by atoms with Gasteiger partial charge in [-0.3, -0.25) is 9.59 Å². The van der Waals surface area contributed by atoms with Crippen LogP contribution in [-0.2, 0) is 4.79 Å². The minimum absolute atomic E-state index is 0.148. The molecule has 1 amide bonds. The zero-order valence-electron chi connectivity index (χ0n) is 10.6. The number of hydrogen-bond donors (Lipinski definition) is 2. The Morgan fingerprint density at radius 2 is 2.20 bits per heavy atom. The number of halogens is 1. The van der Waals surface area contributed by atoms with E-state index in [9.17, 15) is 14.0 Å². The molecule has 5 nitrogen and oxygen atoms in total. The number of aliphatic carboxylic acids is 1. The summed E-state index contributed by atoms with van der Waals surface area (Å²) in [5.41, 5.74) is -0.148. The molecule has 1 aromatic carbocycles. The normalized spacial score (nSPS) is 18.9. The van der Waals surface area contributed by atoms with E-state index in [1.165, 1.54) is 17.0 Å². The number of rotatable bonds is 3. The Labute approximate surface area is 119 Å². The topological polar surface area (TPSA) is 77.8 Å². The smallest absolute Gasteiger partial charge is 0.305 e.